The van der Waals surface area contributed by atoms with Crippen LogP contribution in [0.4, 0.5) is 17.1 Å². The molecule has 4 aromatic rings. The first kappa shape index (κ1) is 17.1. The molecule has 0 unspecified atom stereocenters. The van der Waals surface area contributed by atoms with Gasteiger partial charge in [0.1, 0.15) is 5.84 Å². The van der Waals surface area contributed by atoms with Crippen molar-refractivity contribution in [2.75, 3.05) is 5.32 Å². The van der Waals surface area contributed by atoms with Gasteiger partial charge in [0.05, 0.1) is 21.9 Å². The molecule has 2 heterocycles. The lowest BCUT2D eigenvalue weighted by atomic mass is 10.0. The van der Waals surface area contributed by atoms with Crippen LogP contribution in [0.15, 0.2) is 99.0 Å². The molecule has 28 heavy (non-hydrogen) atoms. The van der Waals surface area contributed by atoms with Crippen molar-refractivity contribution in [1.82, 2.24) is 0 Å². The fraction of sp³-hybridized carbons (Fsp3) is 0. The predicted octanol–water partition coefficient (Wildman–Crippen LogP) is 6.66. The summed E-state index contributed by atoms with van der Waals surface area (Å²) in [6, 6.07) is 27.1. The SMILES string of the molecule is NC(=Nc1ccc(-c2ccc3c(c2)Sc2ccccc2N3)cc1)c1cccs1. The Labute approximate surface area is 172 Å². The van der Waals surface area contributed by atoms with Crippen LogP contribution in [0.3, 0.4) is 0 Å². The predicted molar refractivity (Wildman–Crippen MR) is 120 cm³/mol. The highest BCUT2D eigenvalue weighted by molar-refractivity contribution is 7.99. The number of hydrogen-bond donors (Lipinski definition) is 2. The Hall–Kier alpha value is -3.02. The highest BCUT2D eigenvalue weighted by Gasteiger charge is 2.15. The molecule has 136 valence electrons. The number of nitrogens with two attached hydrogens (primary N) is 1. The lowest BCUT2D eigenvalue weighted by Crippen LogP contribution is -2.10. The number of thiophene rings is 1. The quantitative estimate of drug-likeness (QED) is 0.263. The van der Waals surface area contributed by atoms with E-state index in [2.05, 4.69) is 64.9 Å². The summed E-state index contributed by atoms with van der Waals surface area (Å²) in [5.74, 6) is 0.553. The maximum Gasteiger partial charge on any atom is 0.141 e. The van der Waals surface area contributed by atoms with Crippen LogP contribution in [0.2, 0.25) is 0 Å². The molecule has 3 nitrogen and oxygen atoms in total. The van der Waals surface area contributed by atoms with Crippen LogP contribution in [0, 0.1) is 0 Å². The Balaban J connectivity index is 1.41. The summed E-state index contributed by atoms with van der Waals surface area (Å²) < 4.78 is 0. The van der Waals surface area contributed by atoms with Crippen LogP contribution in [0.1, 0.15) is 4.88 Å². The number of nitrogens with zero attached hydrogens (tertiary/aromatic N) is 1. The maximum absolute atomic E-state index is 6.09. The molecule has 0 saturated carbocycles. The third-order valence-corrected chi connectivity index (χ3v) is 6.61. The molecule has 0 spiro atoms. The van der Waals surface area contributed by atoms with Crippen molar-refractivity contribution in [2.24, 2.45) is 10.7 Å². The van der Waals surface area contributed by atoms with Crippen LogP contribution < -0.4 is 11.1 Å². The molecule has 0 radical (unpaired) electrons. The van der Waals surface area contributed by atoms with Crippen molar-refractivity contribution in [3.8, 4) is 11.1 Å². The van der Waals surface area contributed by atoms with Crippen molar-refractivity contribution in [3.63, 3.8) is 0 Å². The van der Waals surface area contributed by atoms with Crippen molar-refractivity contribution < 1.29 is 0 Å². The second-order valence-electron chi connectivity index (χ2n) is 6.46. The van der Waals surface area contributed by atoms with E-state index in [9.17, 15) is 0 Å². The van der Waals surface area contributed by atoms with E-state index in [1.165, 1.54) is 21.0 Å². The number of aliphatic imine (C=N–C) groups is 1. The van der Waals surface area contributed by atoms with Crippen molar-refractivity contribution in [1.29, 1.82) is 0 Å². The molecule has 0 saturated heterocycles. The van der Waals surface area contributed by atoms with E-state index in [1.807, 2.05) is 29.6 Å². The Morgan fingerprint density at radius 3 is 2.39 bits per heavy atom. The second kappa shape index (κ2) is 7.19. The molecule has 0 fully saturated rings. The highest BCUT2D eigenvalue weighted by atomic mass is 32.2. The van der Waals surface area contributed by atoms with Gasteiger partial charge in [-0.25, -0.2) is 4.99 Å². The molecule has 0 amide bonds. The number of anilines is 2. The molecule has 5 rings (SSSR count). The topological polar surface area (TPSA) is 50.4 Å². The largest absolute Gasteiger partial charge is 0.383 e. The van der Waals surface area contributed by atoms with Gasteiger partial charge in [-0.05, 0) is 59.0 Å². The monoisotopic (exact) mass is 399 g/mol. The van der Waals surface area contributed by atoms with E-state index in [0.29, 0.717) is 5.84 Å². The molecule has 3 N–H and O–H groups in total. The number of benzene rings is 3. The zero-order chi connectivity index (χ0) is 18.9. The standard InChI is InChI=1S/C23H17N3S2/c24-23(21-6-3-13-27-21)25-17-10-7-15(8-11-17)16-9-12-19-22(14-16)28-20-5-2-1-4-18(20)26-19/h1-14,26H,(H2,24,25). The Kier molecular flexibility index (Phi) is 4.39. The van der Waals surface area contributed by atoms with Crippen LogP contribution in [-0.4, -0.2) is 5.84 Å². The number of hydrogen-bond acceptors (Lipinski definition) is 4. The van der Waals surface area contributed by atoms with E-state index in [-0.39, 0.29) is 0 Å². The minimum atomic E-state index is 0.553. The maximum atomic E-state index is 6.09. The Bertz CT molecular complexity index is 1160. The number of para-hydroxylation sites is 1. The lowest BCUT2D eigenvalue weighted by Gasteiger charge is -2.21. The van der Waals surface area contributed by atoms with Crippen LogP contribution in [-0.2, 0) is 0 Å². The molecule has 0 bridgehead atoms. The van der Waals surface area contributed by atoms with Crippen molar-refractivity contribution in [2.45, 2.75) is 9.79 Å². The third kappa shape index (κ3) is 3.30. The second-order valence-corrected chi connectivity index (χ2v) is 8.49. The Morgan fingerprint density at radius 2 is 1.57 bits per heavy atom. The number of fused-ring (bicyclic) bond motifs is 2. The summed E-state index contributed by atoms with van der Waals surface area (Å²) in [5.41, 5.74) is 11.6. The summed E-state index contributed by atoms with van der Waals surface area (Å²) in [7, 11) is 0. The Morgan fingerprint density at radius 1 is 0.786 bits per heavy atom. The van der Waals surface area contributed by atoms with Gasteiger partial charge in [0, 0.05) is 9.79 Å². The van der Waals surface area contributed by atoms with Gasteiger partial charge < -0.3 is 11.1 Å². The molecule has 1 aliphatic rings. The summed E-state index contributed by atoms with van der Waals surface area (Å²) in [6.45, 7) is 0. The lowest BCUT2D eigenvalue weighted by molar-refractivity contribution is 1.31. The van der Waals surface area contributed by atoms with Gasteiger partial charge in [-0.2, -0.15) is 0 Å². The first-order valence-electron chi connectivity index (χ1n) is 8.93. The van der Waals surface area contributed by atoms with Crippen molar-refractivity contribution in [3.05, 3.63) is 89.1 Å². The normalized spacial score (nSPS) is 12.8. The molecule has 5 heteroatoms. The summed E-state index contributed by atoms with van der Waals surface area (Å²) in [5, 5.41) is 5.51. The first-order chi connectivity index (χ1) is 13.8. The smallest absolute Gasteiger partial charge is 0.141 e. The fourth-order valence-corrected chi connectivity index (χ4v) is 4.81. The van der Waals surface area contributed by atoms with E-state index in [4.69, 9.17) is 5.73 Å². The highest BCUT2D eigenvalue weighted by Crippen LogP contribution is 2.45. The molecule has 1 aliphatic heterocycles. The molecule has 0 aliphatic carbocycles. The van der Waals surface area contributed by atoms with E-state index in [0.717, 1.165) is 21.8 Å². The number of rotatable bonds is 3. The van der Waals surface area contributed by atoms with Gasteiger partial charge in [-0.15, -0.1) is 11.3 Å². The summed E-state index contributed by atoms with van der Waals surface area (Å²) in [4.78, 5) is 8.00. The summed E-state index contributed by atoms with van der Waals surface area (Å²) in [6.07, 6.45) is 0. The van der Waals surface area contributed by atoms with Gasteiger partial charge in [0.15, 0.2) is 0 Å². The van der Waals surface area contributed by atoms with E-state index >= 15 is 0 Å². The number of nitrogens with one attached hydrogen (secondary N) is 1. The van der Waals surface area contributed by atoms with E-state index < -0.39 is 0 Å². The molecule has 0 atom stereocenters. The van der Waals surface area contributed by atoms with E-state index in [1.54, 1.807) is 23.1 Å². The minimum Gasteiger partial charge on any atom is -0.383 e. The van der Waals surface area contributed by atoms with Crippen molar-refractivity contribution >= 4 is 46.0 Å². The zero-order valence-electron chi connectivity index (χ0n) is 14.9. The van der Waals surface area contributed by atoms with Gasteiger partial charge in [0.25, 0.3) is 0 Å². The average molecular weight is 400 g/mol. The minimum absolute atomic E-state index is 0.553. The van der Waals surface area contributed by atoms with Gasteiger partial charge in [-0.3, -0.25) is 0 Å². The fourth-order valence-electron chi connectivity index (χ4n) is 3.16. The average Bonchev–Trinajstić information content (AvgIpc) is 3.27. The van der Waals surface area contributed by atoms with Crippen LogP contribution in [0.5, 0.6) is 0 Å². The van der Waals surface area contributed by atoms with Gasteiger partial charge >= 0.3 is 0 Å². The molecular formula is C23H17N3S2. The molecule has 1 aromatic heterocycles. The first-order valence-corrected chi connectivity index (χ1v) is 10.6. The zero-order valence-corrected chi connectivity index (χ0v) is 16.6. The number of amidine groups is 1. The van der Waals surface area contributed by atoms with Crippen LogP contribution >= 0.6 is 23.1 Å². The summed E-state index contributed by atoms with van der Waals surface area (Å²) >= 11 is 3.40. The van der Waals surface area contributed by atoms with Crippen LogP contribution in [0.25, 0.3) is 11.1 Å². The van der Waals surface area contributed by atoms with Gasteiger partial charge in [-0.1, -0.05) is 48.2 Å². The molecular weight excluding hydrogens is 382 g/mol. The van der Waals surface area contributed by atoms with Gasteiger partial charge in [0.2, 0.25) is 0 Å². The molecule has 3 aromatic carbocycles. The third-order valence-electron chi connectivity index (χ3n) is 4.58.